The van der Waals surface area contributed by atoms with Crippen molar-refractivity contribution >= 4 is 17.8 Å². The van der Waals surface area contributed by atoms with Crippen molar-refractivity contribution in [3.05, 3.63) is 17.7 Å². The Bertz CT molecular complexity index is 1210. The lowest BCUT2D eigenvalue weighted by Gasteiger charge is -2.31. The molecule has 3 aliphatic rings. The number of hydrogen-bond acceptors (Lipinski definition) is 7. The maximum atomic E-state index is 13.9. The fourth-order valence-corrected chi connectivity index (χ4v) is 7.10. The number of nitrogens with zero attached hydrogens (tertiary/aromatic N) is 4. The summed E-state index contributed by atoms with van der Waals surface area (Å²) in [6.45, 7) is 10.5. The van der Waals surface area contributed by atoms with Crippen LogP contribution in [0.5, 0.6) is 17.2 Å². The Kier molecular flexibility index (Phi) is 11.3. The second kappa shape index (κ2) is 14.6. The quantitative estimate of drug-likeness (QED) is 0.218. The number of aliphatic carboxylic acids is 1. The number of rotatable bonds is 16. The van der Waals surface area contributed by atoms with E-state index in [1.165, 1.54) is 0 Å². The van der Waals surface area contributed by atoms with Gasteiger partial charge in [0.05, 0.1) is 47.3 Å². The number of carboxylic acids is 1. The monoisotopic (exact) mass is 631 g/mol. The van der Waals surface area contributed by atoms with Gasteiger partial charge in [-0.3, -0.25) is 19.3 Å². The number of methoxy groups -OCH3 is 1. The van der Waals surface area contributed by atoms with Crippen molar-refractivity contribution in [1.29, 1.82) is 0 Å². The van der Waals surface area contributed by atoms with E-state index < -0.39 is 23.8 Å². The smallest absolute Gasteiger partial charge is 0.308 e. The van der Waals surface area contributed by atoms with Gasteiger partial charge in [0.2, 0.25) is 24.4 Å². The Hall–Kier alpha value is -3.05. The molecule has 3 atom stereocenters. The summed E-state index contributed by atoms with van der Waals surface area (Å²) in [5.41, 5.74) is 0.677. The van der Waals surface area contributed by atoms with Crippen LogP contribution < -0.4 is 14.2 Å². The highest BCUT2D eigenvalue weighted by atomic mass is 16.7. The van der Waals surface area contributed by atoms with Crippen LogP contribution in [0.2, 0.25) is 0 Å². The fourth-order valence-electron chi connectivity index (χ4n) is 7.10. The molecule has 1 aromatic carbocycles. The molecule has 4 rings (SSSR count). The molecule has 2 fully saturated rings. The van der Waals surface area contributed by atoms with E-state index in [1.807, 2.05) is 21.9 Å². The summed E-state index contributed by atoms with van der Waals surface area (Å²) in [4.78, 5) is 45.6. The van der Waals surface area contributed by atoms with Gasteiger partial charge in [-0.05, 0) is 48.8 Å². The number of fused-ring (bicyclic) bond motifs is 1. The number of hydrogen-bond donors (Lipinski definition) is 1. The van der Waals surface area contributed by atoms with E-state index in [2.05, 4.69) is 46.8 Å². The standard InChI is InChI=1S/C34H54N4O7/c1-8-9-13-35(14-10-11-16-38(4,5)6)30(40)21-37-20-25(24-17-27(43-7)32-28(18-24)44-23-45-32)31(33(41)42)26(37)12-15-36-22-34(2,3)19-29(36)39/h17-18,25-26,31H,8-16,19-23H2,1-7H3/p+1/t25-,26+,31-/m1/s1. The second-order valence-corrected chi connectivity index (χ2v) is 14.8. The van der Waals surface area contributed by atoms with E-state index in [-0.39, 0.29) is 30.6 Å². The predicted molar refractivity (Wildman–Crippen MR) is 172 cm³/mol. The lowest BCUT2D eigenvalue weighted by atomic mass is 9.84. The van der Waals surface area contributed by atoms with Crippen molar-refractivity contribution in [3.63, 3.8) is 0 Å². The van der Waals surface area contributed by atoms with Gasteiger partial charge < -0.3 is 33.6 Å². The van der Waals surface area contributed by atoms with E-state index in [9.17, 15) is 19.5 Å². The lowest BCUT2D eigenvalue weighted by Crippen LogP contribution is -2.46. The van der Waals surface area contributed by atoms with Crippen LogP contribution in [0.1, 0.15) is 70.8 Å². The minimum Gasteiger partial charge on any atom is -0.493 e. The van der Waals surface area contributed by atoms with Gasteiger partial charge in [-0.1, -0.05) is 27.2 Å². The minimum atomic E-state index is -0.909. The van der Waals surface area contributed by atoms with Gasteiger partial charge in [0.1, 0.15) is 0 Å². The molecule has 45 heavy (non-hydrogen) atoms. The van der Waals surface area contributed by atoms with Crippen molar-refractivity contribution < 1.29 is 38.2 Å². The maximum Gasteiger partial charge on any atom is 0.308 e. The van der Waals surface area contributed by atoms with E-state index in [4.69, 9.17) is 14.2 Å². The predicted octanol–water partition coefficient (Wildman–Crippen LogP) is 3.66. The highest BCUT2D eigenvalue weighted by Crippen LogP contribution is 2.47. The number of ether oxygens (including phenoxy) is 3. The SMILES string of the molecule is CCCCN(CCCC[N+](C)(C)C)C(=O)CN1C[C@H](c2cc(OC)c3c(c2)OCO3)[C@@H](C(=O)O)[C@@H]1CCN1CC(C)(C)CC1=O. The minimum absolute atomic E-state index is 0.0325. The summed E-state index contributed by atoms with van der Waals surface area (Å²) in [6, 6.07) is 3.27. The molecule has 11 heteroatoms. The average molecular weight is 632 g/mol. The van der Waals surface area contributed by atoms with E-state index in [1.54, 1.807) is 7.11 Å². The van der Waals surface area contributed by atoms with Crippen LogP contribution in [-0.4, -0.2) is 129 Å². The van der Waals surface area contributed by atoms with Crippen molar-refractivity contribution in [2.75, 3.05) is 80.9 Å². The molecule has 3 aliphatic heterocycles. The molecule has 252 valence electrons. The molecule has 1 N–H and O–H groups in total. The molecule has 0 spiro atoms. The third kappa shape index (κ3) is 8.82. The van der Waals surface area contributed by atoms with Gasteiger partial charge in [0.15, 0.2) is 11.5 Å². The molecule has 11 nitrogen and oxygen atoms in total. The first kappa shape index (κ1) is 34.8. The third-order valence-corrected chi connectivity index (χ3v) is 9.42. The van der Waals surface area contributed by atoms with Gasteiger partial charge in [-0.2, -0.15) is 0 Å². The van der Waals surface area contributed by atoms with Gasteiger partial charge in [0.25, 0.3) is 0 Å². The summed E-state index contributed by atoms with van der Waals surface area (Å²) in [5.74, 6) is -0.405. The molecule has 0 unspecified atom stereocenters. The fraction of sp³-hybridized carbons (Fsp3) is 0.735. The number of likely N-dealkylation sites (tertiary alicyclic amines) is 2. The number of carboxylic acid groups (broad SMARTS) is 1. The summed E-state index contributed by atoms with van der Waals surface area (Å²) < 4.78 is 17.7. The Morgan fingerprint density at radius 2 is 1.87 bits per heavy atom. The first-order valence-electron chi connectivity index (χ1n) is 16.5. The zero-order valence-electron chi connectivity index (χ0n) is 28.5. The van der Waals surface area contributed by atoms with Crippen LogP contribution in [-0.2, 0) is 14.4 Å². The average Bonchev–Trinajstić information content (AvgIpc) is 3.64. The van der Waals surface area contributed by atoms with Gasteiger partial charge >= 0.3 is 5.97 Å². The van der Waals surface area contributed by atoms with Crippen molar-refractivity contribution in [1.82, 2.24) is 14.7 Å². The molecule has 0 aliphatic carbocycles. The first-order valence-corrected chi connectivity index (χ1v) is 16.5. The van der Waals surface area contributed by atoms with Crippen LogP contribution in [0, 0.1) is 11.3 Å². The van der Waals surface area contributed by atoms with E-state index >= 15 is 0 Å². The molecule has 1 aromatic rings. The summed E-state index contributed by atoms with van der Waals surface area (Å²) in [5, 5.41) is 10.7. The zero-order valence-corrected chi connectivity index (χ0v) is 28.5. The van der Waals surface area contributed by atoms with Gasteiger partial charge in [0, 0.05) is 51.1 Å². The van der Waals surface area contributed by atoms with Crippen LogP contribution in [0.4, 0.5) is 0 Å². The Morgan fingerprint density at radius 3 is 2.49 bits per heavy atom. The third-order valence-electron chi connectivity index (χ3n) is 9.42. The highest BCUT2D eigenvalue weighted by Gasteiger charge is 2.48. The van der Waals surface area contributed by atoms with Crippen LogP contribution >= 0.6 is 0 Å². The number of carbonyl (C=O) groups is 3. The highest BCUT2D eigenvalue weighted by molar-refractivity contribution is 5.80. The van der Waals surface area contributed by atoms with Crippen LogP contribution in [0.15, 0.2) is 12.1 Å². The number of benzene rings is 1. The number of quaternary nitrogens is 1. The van der Waals surface area contributed by atoms with Crippen molar-refractivity contribution in [2.24, 2.45) is 11.3 Å². The second-order valence-electron chi connectivity index (χ2n) is 14.8. The molecule has 0 saturated carbocycles. The lowest BCUT2D eigenvalue weighted by molar-refractivity contribution is -0.870. The maximum absolute atomic E-state index is 13.9. The topological polar surface area (TPSA) is 109 Å². The summed E-state index contributed by atoms with van der Waals surface area (Å²) in [7, 11) is 8.08. The van der Waals surface area contributed by atoms with Crippen molar-refractivity contribution in [2.45, 2.75) is 71.3 Å². The molecule has 0 bridgehead atoms. The molecule has 2 amide bonds. The molecule has 0 radical (unpaired) electrons. The van der Waals surface area contributed by atoms with E-state index in [0.29, 0.717) is 62.8 Å². The van der Waals surface area contributed by atoms with Gasteiger partial charge in [-0.15, -0.1) is 0 Å². The summed E-state index contributed by atoms with van der Waals surface area (Å²) >= 11 is 0. The number of amides is 2. The summed E-state index contributed by atoms with van der Waals surface area (Å²) in [6.07, 6.45) is 4.84. The van der Waals surface area contributed by atoms with Crippen LogP contribution in [0.25, 0.3) is 0 Å². The van der Waals surface area contributed by atoms with E-state index in [0.717, 1.165) is 42.3 Å². The number of carbonyl (C=O) groups excluding carboxylic acids is 2. The molecular formula is C34H55N4O7+. The number of unbranched alkanes of at least 4 members (excludes halogenated alkanes) is 2. The molecule has 3 heterocycles. The van der Waals surface area contributed by atoms with Gasteiger partial charge in [-0.25, -0.2) is 0 Å². The largest absolute Gasteiger partial charge is 0.493 e. The molecule has 0 aromatic heterocycles. The molecule has 2 saturated heterocycles. The Labute approximate surface area is 269 Å². The Morgan fingerprint density at radius 1 is 1.13 bits per heavy atom. The Balaban J connectivity index is 1.58. The first-order chi connectivity index (χ1) is 21.2. The zero-order chi connectivity index (χ0) is 32.9. The normalized spacial score (nSPS) is 22.7. The van der Waals surface area contributed by atoms with Crippen LogP contribution in [0.3, 0.4) is 0 Å². The van der Waals surface area contributed by atoms with Crippen molar-refractivity contribution in [3.8, 4) is 17.2 Å². The molecular weight excluding hydrogens is 576 g/mol.